The summed E-state index contributed by atoms with van der Waals surface area (Å²) in [6.45, 7) is 5.29. The molecule has 6 nitrogen and oxygen atoms in total. The third kappa shape index (κ3) is 6.48. The molecule has 0 saturated carbocycles. The molecule has 0 unspecified atom stereocenters. The molecule has 0 aliphatic carbocycles. The van der Waals surface area contributed by atoms with E-state index < -0.39 is 0 Å². The molecule has 164 valence electrons. The maximum absolute atomic E-state index is 8.24. The van der Waals surface area contributed by atoms with Crippen molar-refractivity contribution >= 4 is 22.7 Å². The van der Waals surface area contributed by atoms with Gasteiger partial charge in [0.25, 0.3) is 0 Å². The van der Waals surface area contributed by atoms with Crippen LogP contribution in [0.3, 0.4) is 0 Å². The summed E-state index contributed by atoms with van der Waals surface area (Å²) in [5, 5.41) is 5.66. The minimum absolute atomic E-state index is 0.468. The monoisotopic (exact) mass is 462 g/mol. The van der Waals surface area contributed by atoms with E-state index in [1.165, 1.54) is 15.3 Å². The molecule has 0 amide bonds. The normalized spacial score (nSPS) is 10.2. The fourth-order valence-corrected chi connectivity index (χ4v) is 5.00. The minimum atomic E-state index is 0.468. The zero-order valence-corrected chi connectivity index (χ0v) is 19.9. The molecule has 0 bridgehead atoms. The molecule has 4 rings (SSSR count). The molecule has 2 heterocycles. The summed E-state index contributed by atoms with van der Waals surface area (Å²) in [5.74, 6) is 0. The van der Waals surface area contributed by atoms with Gasteiger partial charge in [0.05, 0.1) is 11.4 Å². The summed E-state index contributed by atoms with van der Waals surface area (Å²) in [6.07, 6.45) is 1.58. The molecule has 2 aromatic carbocycles. The molecule has 0 spiro atoms. The summed E-state index contributed by atoms with van der Waals surface area (Å²) in [6, 6.07) is 20.4. The molecule has 0 aliphatic rings. The van der Waals surface area contributed by atoms with Crippen LogP contribution in [-0.2, 0) is 12.8 Å². The lowest BCUT2D eigenvalue weighted by Gasteiger charge is -1.94. The second-order valence-corrected chi connectivity index (χ2v) is 9.43. The SMILES string of the molecule is Cc1sc(-c2ccccc2)nc1CCN.Cc1sc(-c2ccccc2)nc1CCN=[N+]=[N-]. The average molecular weight is 463 g/mol. The number of nitrogens with two attached hydrogens (primary N) is 1. The van der Waals surface area contributed by atoms with E-state index in [0.717, 1.165) is 33.4 Å². The number of aryl methyl sites for hydroxylation is 2. The van der Waals surface area contributed by atoms with Crippen LogP contribution in [0, 0.1) is 13.8 Å². The fourth-order valence-electron chi connectivity index (χ4n) is 3.07. The number of nitrogens with zero attached hydrogens (tertiary/aromatic N) is 5. The van der Waals surface area contributed by atoms with Crippen LogP contribution in [-0.4, -0.2) is 23.1 Å². The number of hydrogen-bond donors (Lipinski definition) is 1. The Morgan fingerprint density at radius 3 is 1.72 bits per heavy atom. The minimum Gasteiger partial charge on any atom is -0.330 e. The highest BCUT2D eigenvalue weighted by Gasteiger charge is 2.09. The van der Waals surface area contributed by atoms with Gasteiger partial charge in [-0.15, -0.1) is 22.7 Å². The Kier molecular flexibility index (Phi) is 8.95. The first-order valence-corrected chi connectivity index (χ1v) is 12.0. The van der Waals surface area contributed by atoms with Crippen molar-refractivity contribution < 1.29 is 0 Å². The molecule has 0 aliphatic heterocycles. The van der Waals surface area contributed by atoms with Crippen molar-refractivity contribution in [2.75, 3.05) is 13.1 Å². The predicted octanol–water partition coefficient (Wildman–Crippen LogP) is 6.59. The van der Waals surface area contributed by atoms with Crippen LogP contribution in [0.5, 0.6) is 0 Å². The van der Waals surface area contributed by atoms with Gasteiger partial charge >= 0.3 is 0 Å². The quantitative estimate of drug-likeness (QED) is 0.190. The first-order valence-electron chi connectivity index (χ1n) is 10.4. The molecule has 2 aromatic heterocycles. The first kappa shape index (κ1) is 23.6. The van der Waals surface area contributed by atoms with Gasteiger partial charge in [-0.2, -0.15) is 0 Å². The van der Waals surface area contributed by atoms with Gasteiger partial charge in [-0.3, -0.25) is 0 Å². The molecular formula is C24H26N6S2. The van der Waals surface area contributed by atoms with E-state index in [4.69, 9.17) is 11.3 Å². The average Bonchev–Trinajstić information content (AvgIpc) is 3.38. The van der Waals surface area contributed by atoms with Gasteiger partial charge in [0, 0.05) is 38.8 Å². The highest BCUT2D eigenvalue weighted by Crippen LogP contribution is 2.28. The number of thiazole rings is 2. The van der Waals surface area contributed by atoms with Crippen molar-refractivity contribution in [1.29, 1.82) is 0 Å². The van der Waals surface area contributed by atoms with Gasteiger partial charge in [-0.05, 0) is 32.3 Å². The number of azide groups is 1. The molecular weight excluding hydrogens is 436 g/mol. The van der Waals surface area contributed by atoms with Crippen molar-refractivity contribution in [2.45, 2.75) is 26.7 Å². The van der Waals surface area contributed by atoms with E-state index in [1.54, 1.807) is 22.7 Å². The number of rotatable bonds is 7. The highest BCUT2D eigenvalue weighted by molar-refractivity contribution is 7.15. The lowest BCUT2D eigenvalue weighted by atomic mass is 10.2. The first-order chi connectivity index (χ1) is 15.6. The molecule has 2 N–H and O–H groups in total. The highest BCUT2D eigenvalue weighted by atomic mass is 32.1. The number of benzene rings is 2. The lowest BCUT2D eigenvalue weighted by Crippen LogP contribution is -2.03. The van der Waals surface area contributed by atoms with Crippen LogP contribution >= 0.6 is 22.7 Å². The fraction of sp³-hybridized carbons (Fsp3) is 0.250. The van der Waals surface area contributed by atoms with E-state index in [9.17, 15) is 0 Å². The molecule has 8 heteroatoms. The summed E-state index contributed by atoms with van der Waals surface area (Å²) in [7, 11) is 0. The van der Waals surface area contributed by atoms with Gasteiger partial charge in [0.2, 0.25) is 0 Å². The second-order valence-electron chi connectivity index (χ2n) is 7.02. The Morgan fingerprint density at radius 2 is 1.28 bits per heavy atom. The van der Waals surface area contributed by atoms with Crippen LogP contribution in [0.4, 0.5) is 0 Å². The Morgan fingerprint density at radius 1 is 0.812 bits per heavy atom. The van der Waals surface area contributed by atoms with Crippen LogP contribution in [0.1, 0.15) is 21.1 Å². The van der Waals surface area contributed by atoms with Gasteiger partial charge in [0.1, 0.15) is 10.0 Å². The van der Waals surface area contributed by atoms with Gasteiger partial charge < -0.3 is 5.73 Å². The van der Waals surface area contributed by atoms with E-state index in [2.05, 4.69) is 58.1 Å². The molecule has 0 radical (unpaired) electrons. The third-order valence-corrected chi connectivity index (χ3v) is 6.84. The smallest absolute Gasteiger partial charge is 0.123 e. The van der Waals surface area contributed by atoms with Crippen molar-refractivity contribution in [3.05, 3.63) is 92.2 Å². The summed E-state index contributed by atoms with van der Waals surface area (Å²) in [4.78, 5) is 14.4. The van der Waals surface area contributed by atoms with E-state index in [0.29, 0.717) is 19.5 Å². The largest absolute Gasteiger partial charge is 0.330 e. The Hall–Kier alpha value is -3.03. The van der Waals surface area contributed by atoms with E-state index >= 15 is 0 Å². The Bertz CT molecular complexity index is 1160. The Labute approximate surface area is 196 Å². The van der Waals surface area contributed by atoms with Crippen LogP contribution in [0.15, 0.2) is 65.8 Å². The number of hydrogen-bond acceptors (Lipinski definition) is 6. The standard InChI is InChI=1S/C12H12N4S.C12H14N2S/c1-9-11(7-8-14-16-13)15-12(17-9)10-5-3-2-4-6-10;1-9-11(7-8-13)14-12(15-9)10-5-3-2-4-6-10/h2-6H,7-8H2,1H3;2-6H,7-8,13H2,1H3. The third-order valence-electron chi connectivity index (χ3n) is 4.72. The Balaban J connectivity index is 0.000000182. The van der Waals surface area contributed by atoms with Gasteiger partial charge in [-0.25, -0.2) is 9.97 Å². The summed E-state index contributed by atoms with van der Waals surface area (Å²) >= 11 is 3.42. The van der Waals surface area contributed by atoms with Crippen LogP contribution in [0.25, 0.3) is 31.6 Å². The topological polar surface area (TPSA) is 101 Å². The maximum Gasteiger partial charge on any atom is 0.123 e. The zero-order chi connectivity index (χ0) is 22.8. The predicted molar refractivity (Wildman–Crippen MR) is 135 cm³/mol. The maximum atomic E-state index is 8.24. The molecule has 0 saturated heterocycles. The van der Waals surface area contributed by atoms with Crippen LogP contribution in [0.2, 0.25) is 0 Å². The summed E-state index contributed by atoms with van der Waals surface area (Å²) in [5.41, 5.74) is 18.3. The van der Waals surface area contributed by atoms with Crippen molar-refractivity contribution in [1.82, 2.24) is 9.97 Å². The van der Waals surface area contributed by atoms with E-state index in [-0.39, 0.29) is 0 Å². The van der Waals surface area contributed by atoms with Crippen LogP contribution < -0.4 is 5.73 Å². The van der Waals surface area contributed by atoms with Crippen molar-refractivity contribution in [2.24, 2.45) is 10.8 Å². The molecule has 0 atom stereocenters. The van der Waals surface area contributed by atoms with E-state index in [1.807, 2.05) is 36.4 Å². The second kappa shape index (κ2) is 12.1. The van der Waals surface area contributed by atoms with Gasteiger partial charge in [0.15, 0.2) is 0 Å². The van der Waals surface area contributed by atoms with Crippen molar-refractivity contribution in [3.8, 4) is 21.1 Å². The van der Waals surface area contributed by atoms with Crippen molar-refractivity contribution in [3.63, 3.8) is 0 Å². The zero-order valence-electron chi connectivity index (χ0n) is 18.2. The summed E-state index contributed by atoms with van der Waals surface area (Å²) < 4.78 is 0. The molecule has 0 fully saturated rings. The molecule has 4 aromatic rings. The number of aromatic nitrogens is 2. The lowest BCUT2D eigenvalue weighted by molar-refractivity contribution is 0.918. The molecule has 32 heavy (non-hydrogen) atoms. The van der Waals surface area contributed by atoms with Gasteiger partial charge in [-0.1, -0.05) is 65.8 Å².